The molecule has 2 unspecified atom stereocenters. The summed E-state index contributed by atoms with van der Waals surface area (Å²) in [5, 5.41) is 2.96. The van der Waals surface area contributed by atoms with Crippen LogP contribution >= 0.6 is 0 Å². The topological polar surface area (TPSA) is 76.8 Å². The first-order chi connectivity index (χ1) is 13.8. The van der Waals surface area contributed by atoms with E-state index in [4.69, 9.17) is 15.2 Å². The van der Waals surface area contributed by atoms with E-state index < -0.39 is 0 Å². The summed E-state index contributed by atoms with van der Waals surface area (Å²) in [5.41, 5.74) is 10.1. The van der Waals surface area contributed by atoms with E-state index in [9.17, 15) is 4.79 Å². The van der Waals surface area contributed by atoms with Crippen molar-refractivity contribution in [2.45, 2.75) is 27.2 Å². The van der Waals surface area contributed by atoms with Gasteiger partial charge in [0.25, 0.3) is 5.91 Å². The van der Waals surface area contributed by atoms with Gasteiger partial charge >= 0.3 is 0 Å². The summed E-state index contributed by atoms with van der Waals surface area (Å²) in [6.07, 6.45) is 1.24. The number of carbonyl (C=O) groups excluding carboxylic acids is 1. The van der Waals surface area contributed by atoms with Crippen LogP contribution in [0.15, 0.2) is 30.3 Å². The molecule has 3 rings (SSSR count). The molecule has 1 aliphatic rings. The molecule has 0 aromatic heterocycles. The van der Waals surface area contributed by atoms with E-state index in [0.29, 0.717) is 40.3 Å². The predicted molar refractivity (Wildman–Crippen MR) is 118 cm³/mol. The number of ether oxygens (including phenoxy) is 2. The van der Waals surface area contributed by atoms with Crippen LogP contribution in [0.1, 0.15) is 36.2 Å². The highest BCUT2D eigenvalue weighted by Gasteiger charge is 2.24. The van der Waals surface area contributed by atoms with Crippen molar-refractivity contribution in [2.24, 2.45) is 11.8 Å². The summed E-state index contributed by atoms with van der Waals surface area (Å²) in [4.78, 5) is 15.2. The highest BCUT2D eigenvalue weighted by molar-refractivity contribution is 6.06. The minimum Gasteiger partial charge on any atom is -0.493 e. The van der Waals surface area contributed by atoms with E-state index in [1.54, 1.807) is 32.4 Å². The Morgan fingerprint density at radius 2 is 1.72 bits per heavy atom. The van der Waals surface area contributed by atoms with Gasteiger partial charge in [0.1, 0.15) is 0 Å². The number of nitrogens with two attached hydrogens (primary N) is 1. The fraction of sp³-hybridized carbons (Fsp3) is 0.435. The Morgan fingerprint density at radius 3 is 2.34 bits per heavy atom. The maximum Gasteiger partial charge on any atom is 0.255 e. The van der Waals surface area contributed by atoms with Crippen molar-refractivity contribution in [2.75, 3.05) is 43.3 Å². The fourth-order valence-electron chi connectivity index (χ4n) is 4.20. The zero-order valence-corrected chi connectivity index (χ0v) is 17.9. The van der Waals surface area contributed by atoms with Gasteiger partial charge in [-0.2, -0.15) is 0 Å². The number of anilines is 3. The molecule has 1 saturated heterocycles. The molecule has 1 amide bonds. The molecule has 6 heteroatoms. The van der Waals surface area contributed by atoms with Crippen molar-refractivity contribution in [1.82, 2.24) is 0 Å². The molecule has 0 radical (unpaired) electrons. The Kier molecular flexibility index (Phi) is 6.20. The van der Waals surface area contributed by atoms with Crippen molar-refractivity contribution in [3.8, 4) is 11.5 Å². The third-order valence-corrected chi connectivity index (χ3v) is 5.47. The van der Waals surface area contributed by atoms with Crippen LogP contribution in [-0.2, 0) is 0 Å². The number of benzene rings is 2. The van der Waals surface area contributed by atoms with Gasteiger partial charge in [0.05, 0.1) is 25.6 Å². The Morgan fingerprint density at radius 1 is 1.07 bits per heavy atom. The zero-order chi connectivity index (χ0) is 21.1. The zero-order valence-electron chi connectivity index (χ0n) is 17.9. The second-order valence-corrected chi connectivity index (χ2v) is 8.10. The number of hydrogen-bond acceptors (Lipinski definition) is 5. The van der Waals surface area contributed by atoms with Crippen molar-refractivity contribution < 1.29 is 14.3 Å². The standard InChI is InChI=1S/C23H31N3O3/c1-14-8-15(2)13-26(12-14)20-11-19(18(24)9-16(20)3)25-23(27)17-6-7-21(28-4)22(10-17)29-5/h6-7,9-11,14-15H,8,12-13,24H2,1-5H3,(H,25,27). The molecule has 1 aliphatic heterocycles. The number of piperidine rings is 1. The summed E-state index contributed by atoms with van der Waals surface area (Å²) in [7, 11) is 3.11. The first-order valence-electron chi connectivity index (χ1n) is 10.0. The smallest absolute Gasteiger partial charge is 0.255 e. The number of nitrogens with zero attached hydrogens (tertiary/aromatic N) is 1. The van der Waals surface area contributed by atoms with E-state index in [0.717, 1.165) is 24.3 Å². The summed E-state index contributed by atoms with van der Waals surface area (Å²) in [6, 6.07) is 9.01. The number of aryl methyl sites for hydroxylation is 1. The lowest BCUT2D eigenvalue weighted by Gasteiger charge is -2.37. The lowest BCUT2D eigenvalue weighted by Crippen LogP contribution is -2.39. The first-order valence-corrected chi connectivity index (χ1v) is 10.0. The van der Waals surface area contributed by atoms with Crippen molar-refractivity contribution in [3.05, 3.63) is 41.5 Å². The van der Waals surface area contributed by atoms with Crippen molar-refractivity contribution in [1.29, 1.82) is 0 Å². The summed E-state index contributed by atoms with van der Waals surface area (Å²) in [5.74, 6) is 2.12. The second-order valence-electron chi connectivity index (χ2n) is 8.10. The molecule has 1 heterocycles. The van der Waals surface area contributed by atoms with Crippen LogP contribution in [0.5, 0.6) is 11.5 Å². The number of hydrogen-bond donors (Lipinski definition) is 2. The van der Waals surface area contributed by atoms with Gasteiger partial charge in [0.15, 0.2) is 11.5 Å². The van der Waals surface area contributed by atoms with Gasteiger partial charge in [-0.05, 0) is 61.1 Å². The van der Waals surface area contributed by atoms with Gasteiger partial charge in [0, 0.05) is 24.3 Å². The van der Waals surface area contributed by atoms with E-state index in [-0.39, 0.29) is 5.91 Å². The van der Waals surface area contributed by atoms with Gasteiger partial charge in [-0.3, -0.25) is 4.79 Å². The van der Waals surface area contributed by atoms with Gasteiger partial charge in [-0.15, -0.1) is 0 Å². The first kappa shape index (κ1) is 20.8. The third kappa shape index (κ3) is 4.58. The summed E-state index contributed by atoms with van der Waals surface area (Å²) >= 11 is 0. The molecule has 0 aliphatic carbocycles. The van der Waals surface area contributed by atoms with E-state index >= 15 is 0 Å². The summed E-state index contributed by atoms with van der Waals surface area (Å²) in [6.45, 7) is 8.66. The van der Waals surface area contributed by atoms with Crippen molar-refractivity contribution >= 4 is 23.0 Å². The van der Waals surface area contributed by atoms with E-state index in [1.807, 2.05) is 12.1 Å². The maximum atomic E-state index is 12.8. The highest BCUT2D eigenvalue weighted by atomic mass is 16.5. The van der Waals surface area contributed by atoms with E-state index in [1.165, 1.54) is 6.42 Å². The Bertz CT molecular complexity index is 887. The minimum atomic E-state index is -0.243. The molecule has 156 valence electrons. The van der Waals surface area contributed by atoms with Gasteiger partial charge in [-0.25, -0.2) is 0 Å². The average molecular weight is 398 g/mol. The number of methoxy groups -OCH3 is 2. The second kappa shape index (κ2) is 8.64. The van der Waals surface area contributed by atoms with Gasteiger partial charge in [-0.1, -0.05) is 13.8 Å². The molecule has 2 aromatic rings. The molecule has 2 atom stereocenters. The molecule has 1 fully saturated rings. The Hall–Kier alpha value is -2.89. The van der Waals surface area contributed by atoms with Crippen LogP contribution in [0, 0.1) is 18.8 Å². The molecule has 0 spiro atoms. The van der Waals surface area contributed by atoms with Gasteiger partial charge in [0.2, 0.25) is 0 Å². The normalized spacial score (nSPS) is 19.0. The molecule has 0 bridgehead atoms. The SMILES string of the molecule is COc1ccc(C(=O)Nc2cc(N3CC(C)CC(C)C3)c(C)cc2N)cc1OC. The lowest BCUT2D eigenvalue weighted by molar-refractivity contribution is 0.102. The molecular formula is C23H31N3O3. The highest BCUT2D eigenvalue weighted by Crippen LogP contribution is 2.34. The molecule has 3 N–H and O–H groups in total. The number of nitrogens with one attached hydrogen (secondary N) is 1. The molecule has 6 nitrogen and oxygen atoms in total. The maximum absolute atomic E-state index is 12.8. The molecule has 2 aromatic carbocycles. The third-order valence-electron chi connectivity index (χ3n) is 5.47. The lowest BCUT2D eigenvalue weighted by atomic mass is 9.91. The van der Waals surface area contributed by atoms with Crippen LogP contribution in [0.25, 0.3) is 0 Å². The number of amides is 1. The monoisotopic (exact) mass is 397 g/mol. The van der Waals surface area contributed by atoms with E-state index in [2.05, 4.69) is 31.0 Å². The largest absolute Gasteiger partial charge is 0.493 e. The van der Waals surface area contributed by atoms with Crippen LogP contribution in [0.3, 0.4) is 0 Å². The summed E-state index contributed by atoms with van der Waals surface area (Å²) < 4.78 is 10.5. The Labute approximate surface area is 173 Å². The van der Waals surface area contributed by atoms with Crippen LogP contribution < -0.4 is 25.4 Å². The molecular weight excluding hydrogens is 366 g/mol. The van der Waals surface area contributed by atoms with Crippen molar-refractivity contribution in [3.63, 3.8) is 0 Å². The quantitative estimate of drug-likeness (QED) is 0.735. The van der Waals surface area contributed by atoms with Crippen LogP contribution in [0.4, 0.5) is 17.1 Å². The number of carbonyl (C=O) groups is 1. The average Bonchev–Trinajstić information content (AvgIpc) is 2.68. The minimum absolute atomic E-state index is 0.243. The fourth-order valence-corrected chi connectivity index (χ4v) is 4.20. The number of rotatable bonds is 5. The predicted octanol–water partition coefficient (Wildman–Crippen LogP) is 4.33. The van der Waals surface area contributed by atoms with Crippen LogP contribution in [0.2, 0.25) is 0 Å². The Balaban J connectivity index is 1.86. The molecule has 0 saturated carbocycles. The van der Waals surface area contributed by atoms with Crippen LogP contribution in [-0.4, -0.2) is 33.2 Å². The van der Waals surface area contributed by atoms with Gasteiger partial charge < -0.3 is 25.4 Å². The number of nitrogen functional groups attached to an aromatic ring is 1. The molecule has 29 heavy (non-hydrogen) atoms.